The molecule has 1 N–H and O–H groups in total. The molecule has 0 radical (unpaired) electrons. The van der Waals surface area contributed by atoms with Crippen LogP contribution in [0.1, 0.15) is 22.7 Å². The molecular formula is C15H15ClFN3O2. The highest BCUT2D eigenvalue weighted by Gasteiger charge is 2.26. The molecule has 22 heavy (non-hydrogen) atoms. The fourth-order valence-electron chi connectivity index (χ4n) is 2.57. The van der Waals surface area contributed by atoms with Crippen LogP contribution in [0.25, 0.3) is 0 Å². The van der Waals surface area contributed by atoms with Crippen molar-refractivity contribution in [2.75, 3.05) is 18.0 Å². The first-order chi connectivity index (χ1) is 10.5. The van der Waals surface area contributed by atoms with Crippen molar-refractivity contribution >= 4 is 23.2 Å². The van der Waals surface area contributed by atoms with E-state index in [2.05, 4.69) is 10.3 Å². The first-order valence-electron chi connectivity index (χ1n) is 6.95. The largest absolute Gasteiger partial charge is 0.448 e. The van der Waals surface area contributed by atoms with Crippen LogP contribution in [0.2, 0.25) is 5.02 Å². The molecule has 1 fully saturated rings. The Morgan fingerprint density at radius 3 is 3.05 bits per heavy atom. The summed E-state index contributed by atoms with van der Waals surface area (Å²) in [5, 5.41) is 3.03. The number of nitrogens with zero attached hydrogens (tertiary/aromatic N) is 2. The van der Waals surface area contributed by atoms with Gasteiger partial charge in [-0.05, 0) is 31.5 Å². The molecule has 0 aliphatic carbocycles. The van der Waals surface area contributed by atoms with E-state index in [9.17, 15) is 9.18 Å². The third kappa shape index (κ3) is 2.92. The molecule has 0 saturated carbocycles. The smallest absolute Gasteiger partial charge is 0.273 e. The average Bonchev–Trinajstić information content (AvgIpc) is 3.11. The predicted octanol–water partition coefficient (Wildman–Crippen LogP) is 2.78. The topological polar surface area (TPSA) is 58.4 Å². The zero-order valence-electron chi connectivity index (χ0n) is 12.0. The fourth-order valence-corrected chi connectivity index (χ4v) is 2.69. The Morgan fingerprint density at radius 1 is 1.55 bits per heavy atom. The number of halogens is 2. The van der Waals surface area contributed by atoms with Crippen LogP contribution in [0.3, 0.4) is 0 Å². The summed E-state index contributed by atoms with van der Waals surface area (Å²) in [5.74, 6) is -0.197. The quantitative estimate of drug-likeness (QED) is 0.943. The van der Waals surface area contributed by atoms with Crippen molar-refractivity contribution in [2.24, 2.45) is 0 Å². The lowest BCUT2D eigenvalue weighted by Crippen LogP contribution is -2.37. The van der Waals surface area contributed by atoms with Crippen molar-refractivity contribution in [3.8, 4) is 0 Å². The molecule has 5 nitrogen and oxygen atoms in total. The Morgan fingerprint density at radius 2 is 2.36 bits per heavy atom. The molecule has 1 atom stereocenters. The molecule has 116 valence electrons. The third-order valence-corrected chi connectivity index (χ3v) is 4.06. The number of carbonyl (C=O) groups is 1. The minimum Gasteiger partial charge on any atom is -0.448 e. The van der Waals surface area contributed by atoms with Gasteiger partial charge in [-0.1, -0.05) is 11.6 Å². The first-order valence-corrected chi connectivity index (χ1v) is 7.33. The zero-order chi connectivity index (χ0) is 15.7. The van der Waals surface area contributed by atoms with Crippen LogP contribution in [-0.4, -0.2) is 30.0 Å². The number of rotatable bonds is 3. The van der Waals surface area contributed by atoms with Gasteiger partial charge < -0.3 is 14.6 Å². The van der Waals surface area contributed by atoms with Gasteiger partial charge in [-0.25, -0.2) is 9.37 Å². The van der Waals surface area contributed by atoms with E-state index in [1.54, 1.807) is 13.0 Å². The molecule has 3 rings (SSSR count). The van der Waals surface area contributed by atoms with Crippen molar-refractivity contribution in [2.45, 2.75) is 19.4 Å². The van der Waals surface area contributed by atoms with Crippen molar-refractivity contribution in [3.05, 3.63) is 46.9 Å². The van der Waals surface area contributed by atoms with Gasteiger partial charge in [0.2, 0.25) is 0 Å². The maximum atomic E-state index is 13.5. The number of aryl methyl sites for hydroxylation is 1. The van der Waals surface area contributed by atoms with E-state index in [1.807, 2.05) is 4.90 Å². The Labute approximate surface area is 132 Å². The van der Waals surface area contributed by atoms with E-state index in [0.29, 0.717) is 18.0 Å². The lowest BCUT2D eigenvalue weighted by Gasteiger charge is -2.19. The summed E-state index contributed by atoms with van der Waals surface area (Å²) in [5.41, 5.74) is 1.06. The SMILES string of the molecule is Cc1ocnc1C(=O)NC1CCN(c2ccc(Cl)c(F)c2)C1. The van der Waals surface area contributed by atoms with E-state index in [0.717, 1.165) is 18.7 Å². The maximum Gasteiger partial charge on any atom is 0.273 e. The van der Waals surface area contributed by atoms with Gasteiger partial charge in [0, 0.05) is 24.8 Å². The first kappa shape index (κ1) is 14.8. The second-order valence-electron chi connectivity index (χ2n) is 5.26. The second kappa shape index (κ2) is 5.96. The van der Waals surface area contributed by atoms with E-state index >= 15 is 0 Å². The van der Waals surface area contributed by atoms with E-state index in [-0.39, 0.29) is 17.0 Å². The van der Waals surface area contributed by atoms with Gasteiger partial charge in [-0.3, -0.25) is 4.79 Å². The van der Waals surface area contributed by atoms with E-state index in [1.165, 1.54) is 18.5 Å². The van der Waals surface area contributed by atoms with Crippen molar-refractivity contribution in [1.82, 2.24) is 10.3 Å². The van der Waals surface area contributed by atoms with Gasteiger partial charge >= 0.3 is 0 Å². The molecule has 1 aromatic heterocycles. The Kier molecular flexibility index (Phi) is 4.02. The zero-order valence-corrected chi connectivity index (χ0v) is 12.7. The average molecular weight is 324 g/mol. The molecule has 1 saturated heterocycles. The number of benzene rings is 1. The predicted molar refractivity (Wildman–Crippen MR) is 80.7 cm³/mol. The van der Waals surface area contributed by atoms with Gasteiger partial charge in [0.1, 0.15) is 11.6 Å². The van der Waals surface area contributed by atoms with Crippen LogP contribution in [0.5, 0.6) is 0 Å². The molecule has 7 heteroatoms. The highest BCUT2D eigenvalue weighted by molar-refractivity contribution is 6.30. The van der Waals surface area contributed by atoms with Crippen LogP contribution in [0.15, 0.2) is 29.0 Å². The van der Waals surface area contributed by atoms with E-state index < -0.39 is 5.82 Å². The van der Waals surface area contributed by atoms with Gasteiger partial charge in [-0.15, -0.1) is 0 Å². The molecule has 1 aliphatic heterocycles. The van der Waals surface area contributed by atoms with Crippen LogP contribution < -0.4 is 10.2 Å². The summed E-state index contributed by atoms with van der Waals surface area (Å²) < 4.78 is 18.6. The van der Waals surface area contributed by atoms with Crippen LogP contribution in [0.4, 0.5) is 10.1 Å². The summed E-state index contributed by atoms with van der Waals surface area (Å²) in [6.45, 7) is 3.05. The van der Waals surface area contributed by atoms with Crippen molar-refractivity contribution in [3.63, 3.8) is 0 Å². The third-order valence-electron chi connectivity index (χ3n) is 3.75. The number of oxazole rings is 1. The van der Waals surface area contributed by atoms with Gasteiger partial charge in [-0.2, -0.15) is 0 Å². The van der Waals surface area contributed by atoms with Gasteiger partial charge in [0.15, 0.2) is 12.1 Å². The maximum absolute atomic E-state index is 13.5. The molecule has 0 bridgehead atoms. The molecule has 2 heterocycles. The fraction of sp³-hybridized carbons (Fsp3) is 0.333. The summed E-state index contributed by atoms with van der Waals surface area (Å²) in [7, 11) is 0. The van der Waals surface area contributed by atoms with Gasteiger partial charge in [0.25, 0.3) is 5.91 Å². The Balaban J connectivity index is 1.64. The van der Waals surface area contributed by atoms with E-state index in [4.69, 9.17) is 16.0 Å². The molecule has 1 aliphatic rings. The van der Waals surface area contributed by atoms with Gasteiger partial charge in [0.05, 0.1) is 5.02 Å². The minimum absolute atomic E-state index is 0.0117. The highest BCUT2D eigenvalue weighted by atomic mass is 35.5. The number of nitrogens with one attached hydrogen (secondary N) is 1. The molecule has 1 unspecified atom stereocenters. The molecular weight excluding hydrogens is 309 g/mol. The molecule has 1 aromatic carbocycles. The standard InChI is InChI=1S/C15H15ClFN3O2/c1-9-14(18-8-22-9)15(21)19-10-4-5-20(7-10)11-2-3-12(16)13(17)6-11/h2-3,6,8,10H,4-5,7H2,1H3,(H,19,21). The number of amides is 1. The summed E-state index contributed by atoms with van der Waals surface area (Å²) in [6, 6.07) is 4.71. The summed E-state index contributed by atoms with van der Waals surface area (Å²) in [6.07, 6.45) is 2.04. The molecule has 0 spiro atoms. The van der Waals surface area contributed by atoms with Crippen LogP contribution in [-0.2, 0) is 0 Å². The molecule has 2 aromatic rings. The number of hydrogen-bond acceptors (Lipinski definition) is 4. The summed E-state index contributed by atoms with van der Waals surface area (Å²) in [4.78, 5) is 18.0. The highest BCUT2D eigenvalue weighted by Crippen LogP contribution is 2.25. The Hall–Kier alpha value is -2.08. The second-order valence-corrected chi connectivity index (χ2v) is 5.67. The lowest BCUT2D eigenvalue weighted by molar-refractivity contribution is 0.0934. The van der Waals surface area contributed by atoms with Crippen molar-refractivity contribution < 1.29 is 13.6 Å². The number of hydrogen-bond donors (Lipinski definition) is 1. The normalized spacial score (nSPS) is 17.8. The van der Waals surface area contributed by atoms with Crippen LogP contribution >= 0.6 is 11.6 Å². The molecule has 1 amide bonds. The minimum atomic E-state index is -0.440. The van der Waals surface area contributed by atoms with Crippen molar-refractivity contribution in [1.29, 1.82) is 0 Å². The van der Waals surface area contributed by atoms with Crippen LogP contribution in [0, 0.1) is 12.7 Å². The summed E-state index contributed by atoms with van der Waals surface area (Å²) >= 11 is 5.69. The monoisotopic (exact) mass is 323 g/mol. The Bertz CT molecular complexity index is 704. The number of aromatic nitrogens is 1. The lowest BCUT2D eigenvalue weighted by atomic mass is 10.2. The number of carbonyl (C=O) groups excluding carboxylic acids is 1. The number of anilines is 1.